The Morgan fingerprint density at radius 1 is 1.27 bits per heavy atom. The van der Waals surface area contributed by atoms with E-state index in [1.54, 1.807) is 0 Å². The second-order valence-corrected chi connectivity index (χ2v) is 6.80. The summed E-state index contributed by atoms with van der Waals surface area (Å²) in [4.78, 5) is 17.0. The third kappa shape index (κ3) is 3.87. The summed E-state index contributed by atoms with van der Waals surface area (Å²) in [5, 5.41) is 3.12. The van der Waals surface area contributed by atoms with E-state index in [2.05, 4.69) is 53.4 Å². The lowest BCUT2D eigenvalue weighted by Gasteiger charge is -2.32. The molecule has 1 N–H and O–H groups in total. The zero-order chi connectivity index (χ0) is 15.5. The molecule has 2 fully saturated rings. The number of nitrogens with zero attached hydrogens (tertiary/aromatic N) is 2. The monoisotopic (exact) mass is 301 g/mol. The fourth-order valence-electron chi connectivity index (χ4n) is 3.29. The first kappa shape index (κ1) is 15.5. The van der Waals surface area contributed by atoms with Crippen molar-refractivity contribution >= 4 is 5.91 Å². The maximum atomic E-state index is 12.2. The zero-order valence-corrected chi connectivity index (χ0v) is 13.7. The smallest absolute Gasteiger partial charge is 0.223 e. The molecule has 22 heavy (non-hydrogen) atoms. The van der Waals surface area contributed by atoms with Crippen molar-refractivity contribution in [2.75, 3.05) is 46.3 Å². The summed E-state index contributed by atoms with van der Waals surface area (Å²) in [6.07, 6.45) is 1.00. The van der Waals surface area contributed by atoms with Crippen LogP contribution in [0.3, 0.4) is 0 Å². The lowest BCUT2D eigenvalue weighted by Crippen LogP contribution is -2.47. The van der Waals surface area contributed by atoms with Gasteiger partial charge in [-0.15, -0.1) is 0 Å². The van der Waals surface area contributed by atoms with Gasteiger partial charge in [0, 0.05) is 45.2 Å². The van der Waals surface area contributed by atoms with E-state index in [-0.39, 0.29) is 11.8 Å². The van der Waals surface area contributed by atoms with E-state index >= 15 is 0 Å². The molecule has 1 aromatic carbocycles. The van der Waals surface area contributed by atoms with Crippen molar-refractivity contribution in [1.82, 2.24) is 15.1 Å². The summed E-state index contributed by atoms with van der Waals surface area (Å²) in [6, 6.07) is 8.56. The van der Waals surface area contributed by atoms with Crippen LogP contribution in [0.4, 0.5) is 0 Å². The summed E-state index contributed by atoms with van der Waals surface area (Å²) in [7, 11) is 2.16. The van der Waals surface area contributed by atoms with Crippen LogP contribution in [-0.2, 0) is 4.79 Å². The van der Waals surface area contributed by atoms with Gasteiger partial charge in [0.05, 0.1) is 0 Å². The molecule has 0 bridgehead atoms. The molecule has 4 nitrogen and oxygen atoms in total. The molecule has 4 heteroatoms. The van der Waals surface area contributed by atoms with Gasteiger partial charge in [-0.2, -0.15) is 0 Å². The van der Waals surface area contributed by atoms with Gasteiger partial charge in [-0.1, -0.05) is 29.8 Å². The Labute approximate surface area is 133 Å². The van der Waals surface area contributed by atoms with Crippen molar-refractivity contribution in [3.05, 3.63) is 35.4 Å². The molecule has 1 aromatic rings. The molecule has 0 spiro atoms. The fraction of sp³-hybridized carbons (Fsp3) is 0.611. The van der Waals surface area contributed by atoms with Gasteiger partial charge in [-0.3, -0.25) is 9.69 Å². The molecule has 1 aliphatic heterocycles. The number of carbonyl (C=O) groups excluding carboxylic acids is 1. The first-order valence-electron chi connectivity index (χ1n) is 8.38. The number of hydrogen-bond donors (Lipinski definition) is 1. The summed E-state index contributed by atoms with van der Waals surface area (Å²) in [5.74, 6) is 0.860. The number of aryl methyl sites for hydroxylation is 1. The van der Waals surface area contributed by atoms with Crippen LogP contribution in [0, 0.1) is 12.8 Å². The molecule has 3 rings (SSSR count). The zero-order valence-electron chi connectivity index (χ0n) is 13.7. The van der Waals surface area contributed by atoms with Crippen LogP contribution in [0.1, 0.15) is 23.5 Å². The molecule has 0 aromatic heterocycles. The van der Waals surface area contributed by atoms with Crippen LogP contribution in [0.2, 0.25) is 0 Å². The Morgan fingerprint density at radius 3 is 2.77 bits per heavy atom. The van der Waals surface area contributed by atoms with Crippen LogP contribution >= 0.6 is 0 Å². The summed E-state index contributed by atoms with van der Waals surface area (Å²) in [5.41, 5.74) is 2.60. The molecule has 1 aliphatic carbocycles. The Morgan fingerprint density at radius 2 is 2.05 bits per heavy atom. The first-order chi connectivity index (χ1) is 10.6. The standard InChI is InChI=1S/C18H27N3O/c1-14-4-3-5-15(12-14)16-13-17(16)18(22)19-6-7-21-10-8-20(2)9-11-21/h3-5,12,16-17H,6-11,13H2,1-2H3,(H,19,22)/t16-,17-/m0/s1. The van der Waals surface area contributed by atoms with Crippen molar-refractivity contribution in [3.8, 4) is 0 Å². The van der Waals surface area contributed by atoms with Crippen LogP contribution in [-0.4, -0.2) is 62.0 Å². The highest BCUT2D eigenvalue weighted by molar-refractivity contribution is 5.82. The Kier molecular flexibility index (Phi) is 4.79. The molecule has 0 radical (unpaired) electrons. The van der Waals surface area contributed by atoms with Gasteiger partial charge in [-0.05, 0) is 31.9 Å². The van der Waals surface area contributed by atoms with E-state index in [0.717, 1.165) is 45.7 Å². The number of likely N-dealkylation sites (N-methyl/N-ethyl adjacent to an activating group) is 1. The van der Waals surface area contributed by atoms with Crippen LogP contribution in [0.15, 0.2) is 24.3 Å². The number of carbonyl (C=O) groups is 1. The third-order valence-electron chi connectivity index (χ3n) is 4.92. The van der Waals surface area contributed by atoms with E-state index in [0.29, 0.717) is 5.92 Å². The topological polar surface area (TPSA) is 35.6 Å². The summed E-state index contributed by atoms with van der Waals surface area (Å²) in [6.45, 7) is 8.35. The lowest BCUT2D eigenvalue weighted by atomic mass is 10.1. The average molecular weight is 301 g/mol. The Balaban J connectivity index is 1.39. The second-order valence-electron chi connectivity index (χ2n) is 6.80. The Hall–Kier alpha value is -1.39. The number of benzene rings is 1. The number of rotatable bonds is 5. The van der Waals surface area contributed by atoms with Gasteiger partial charge < -0.3 is 10.2 Å². The van der Waals surface area contributed by atoms with Crippen LogP contribution in [0.25, 0.3) is 0 Å². The van der Waals surface area contributed by atoms with Gasteiger partial charge in [0.15, 0.2) is 0 Å². The molecule has 2 atom stereocenters. The quantitative estimate of drug-likeness (QED) is 0.894. The molecular weight excluding hydrogens is 274 g/mol. The SMILES string of the molecule is Cc1cccc([C@@H]2C[C@@H]2C(=O)NCCN2CCN(C)CC2)c1. The van der Waals surface area contributed by atoms with Gasteiger partial charge in [0.25, 0.3) is 0 Å². The number of hydrogen-bond acceptors (Lipinski definition) is 3. The van der Waals surface area contributed by atoms with Crippen molar-refractivity contribution < 1.29 is 4.79 Å². The molecule has 0 unspecified atom stereocenters. The van der Waals surface area contributed by atoms with Gasteiger partial charge >= 0.3 is 0 Å². The second kappa shape index (κ2) is 6.80. The van der Waals surface area contributed by atoms with Gasteiger partial charge in [0.1, 0.15) is 0 Å². The molecule has 120 valence electrons. The molecule has 2 aliphatic rings. The molecule has 1 saturated carbocycles. The number of amides is 1. The highest BCUT2D eigenvalue weighted by Gasteiger charge is 2.43. The van der Waals surface area contributed by atoms with Crippen LogP contribution in [0.5, 0.6) is 0 Å². The minimum atomic E-state index is 0.189. The third-order valence-corrected chi connectivity index (χ3v) is 4.92. The largest absolute Gasteiger partial charge is 0.355 e. The fourth-order valence-corrected chi connectivity index (χ4v) is 3.29. The minimum Gasteiger partial charge on any atom is -0.355 e. The highest BCUT2D eigenvalue weighted by atomic mass is 16.2. The summed E-state index contributed by atoms with van der Waals surface area (Å²) >= 11 is 0. The summed E-state index contributed by atoms with van der Waals surface area (Å²) < 4.78 is 0. The van der Waals surface area contributed by atoms with Crippen molar-refractivity contribution in [3.63, 3.8) is 0 Å². The molecular formula is C18H27N3O. The van der Waals surface area contributed by atoms with Gasteiger partial charge in [-0.25, -0.2) is 0 Å². The minimum absolute atomic E-state index is 0.189. The first-order valence-corrected chi connectivity index (χ1v) is 8.38. The predicted molar refractivity (Wildman–Crippen MR) is 89.0 cm³/mol. The van der Waals surface area contributed by atoms with Crippen molar-refractivity contribution in [2.24, 2.45) is 5.92 Å². The maximum absolute atomic E-state index is 12.2. The van der Waals surface area contributed by atoms with E-state index in [1.165, 1.54) is 11.1 Å². The number of piperazine rings is 1. The van der Waals surface area contributed by atoms with E-state index in [1.807, 2.05) is 0 Å². The van der Waals surface area contributed by atoms with Crippen LogP contribution < -0.4 is 5.32 Å². The average Bonchev–Trinajstić information content (AvgIpc) is 3.30. The molecule has 1 amide bonds. The number of nitrogens with one attached hydrogen (secondary N) is 1. The molecule has 1 saturated heterocycles. The van der Waals surface area contributed by atoms with Gasteiger partial charge in [0.2, 0.25) is 5.91 Å². The van der Waals surface area contributed by atoms with E-state index < -0.39 is 0 Å². The highest BCUT2D eigenvalue weighted by Crippen LogP contribution is 2.47. The van der Waals surface area contributed by atoms with Crippen molar-refractivity contribution in [1.29, 1.82) is 0 Å². The lowest BCUT2D eigenvalue weighted by molar-refractivity contribution is -0.122. The maximum Gasteiger partial charge on any atom is 0.223 e. The Bertz CT molecular complexity index is 523. The predicted octanol–water partition coefficient (Wildman–Crippen LogP) is 1.46. The van der Waals surface area contributed by atoms with E-state index in [4.69, 9.17) is 0 Å². The van der Waals surface area contributed by atoms with E-state index in [9.17, 15) is 4.79 Å². The normalized spacial score (nSPS) is 25.9. The molecule has 1 heterocycles. The van der Waals surface area contributed by atoms with Crippen molar-refractivity contribution in [2.45, 2.75) is 19.3 Å².